The molecule has 1 aliphatic heterocycles. The number of likely N-dealkylation sites (tertiary alicyclic amines) is 1. The van der Waals surface area contributed by atoms with Crippen molar-refractivity contribution in [3.8, 4) is 0 Å². The van der Waals surface area contributed by atoms with E-state index in [-0.39, 0.29) is 0 Å². The van der Waals surface area contributed by atoms with Crippen LogP contribution in [0.1, 0.15) is 37.3 Å². The third-order valence-electron chi connectivity index (χ3n) is 3.84. The minimum Gasteiger partial charge on any atom is -0.390 e. The van der Waals surface area contributed by atoms with Gasteiger partial charge in [0.2, 0.25) is 0 Å². The van der Waals surface area contributed by atoms with Gasteiger partial charge >= 0.3 is 6.18 Å². The van der Waals surface area contributed by atoms with E-state index in [0.717, 1.165) is 43.6 Å². The summed E-state index contributed by atoms with van der Waals surface area (Å²) in [4.78, 5) is 2.18. The van der Waals surface area contributed by atoms with Crippen molar-refractivity contribution >= 4 is 0 Å². The molecule has 1 atom stereocenters. The smallest absolute Gasteiger partial charge is 0.390 e. The Morgan fingerprint density at radius 1 is 1.15 bits per heavy atom. The van der Waals surface area contributed by atoms with Gasteiger partial charge in [-0.25, -0.2) is 0 Å². The minimum atomic E-state index is -4.28. The Morgan fingerprint density at radius 2 is 1.80 bits per heavy atom. The number of nitrogens with zero attached hydrogens (tertiary/aromatic N) is 1. The van der Waals surface area contributed by atoms with Crippen molar-refractivity contribution in [3.05, 3.63) is 35.4 Å². The van der Waals surface area contributed by atoms with Gasteiger partial charge in [0.25, 0.3) is 0 Å². The molecule has 1 saturated heterocycles. The van der Waals surface area contributed by atoms with E-state index in [0.29, 0.717) is 13.0 Å². The van der Waals surface area contributed by atoms with E-state index in [1.165, 1.54) is 12.1 Å². The highest BCUT2D eigenvalue weighted by Gasteiger charge is 2.30. The van der Waals surface area contributed by atoms with Crippen LogP contribution < -0.4 is 0 Å². The zero-order chi connectivity index (χ0) is 14.8. The molecule has 0 spiro atoms. The fourth-order valence-electron chi connectivity index (χ4n) is 2.53. The molecule has 0 bridgehead atoms. The second-order valence-corrected chi connectivity index (χ2v) is 5.82. The van der Waals surface area contributed by atoms with Crippen LogP contribution in [0.3, 0.4) is 0 Å². The summed E-state index contributed by atoms with van der Waals surface area (Å²) in [6.45, 7) is 4.12. The largest absolute Gasteiger partial charge is 0.416 e. The van der Waals surface area contributed by atoms with E-state index in [2.05, 4.69) is 4.90 Å². The molecule has 5 heteroatoms. The van der Waals surface area contributed by atoms with E-state index >= 15 is 0 Å². The lowest BCUT2D eigenvalue weighted by atomic mass is 9.98. The summed E-state index contributed by atoms with van der Waals surface area (Å²) in [5.41, 5.74) is -0.353. The first-order chi connectivity index (χ1) is 9.26. The van der Waals surface area contributed by atoms with Gasteiger partial charge in [-0.1, -0.05) is 12.1 Å². The lowest BCUT2D eigenvalue weighted by Crippen LogP contribution is -2.28. The quantitative estimate of drug-likeness (QED) is 0.900. The standard InChI is InChI=1S/C15H20F3NO/c1-14(20)7-2-9-19(10-8-14)11-12-3-5-13(6-4-12)15(16,17)18/h3-6,20H,2,7-11H2,1H3. The summed E-state index contributed by atoms with van der Waals surface area (Å²) in [5, 5.41) is 10.0. The Bertz CT molecular complexity index is 439. The third-order valence-corrected chi connectivity index (χ3v) is 3.84. The van der Waals surface area contributed by atoms with Gasteiger partial charge in [-0.3, -0.25) is 4.90 Å². The van der Waals surface area contributed by atoms with Gasteiger partial charge in [-0.2, -0.15) is 13.2 Å². The molecule has 0 amide bonds. The highest BCUT2D eigenvalue weighted by molar-refractivity contribution is 5.24. The monoisotopic (exact) mass is 287 g/mol. The second kappa shape index (κ2) is 5.74. The van der Waals surface area contributed by atoms with E-state index in [1.54, 1.807) is 0 Å². The van der Waals surface area contributed by atoms with Crippen molar-refractivity contribution < 1.29 is 18.3 Å². The van der Waals surface area contributed by atoms with Crippen LogP contribution in [0.25, 0.3) is 0 Å². The Labute approximate surface area is 117 Å². The fraction of sp³-hybridized carbons (Fsp3) is 0.600. The van der Waals surface area contributed by atoms with Crippen LogP contribution in [0, 0.1) is 0 Å². The fourth-order valence-corrected chi connectivity index (χ4v) is 2.53. The first-order valence-electron chi connectivity index (χ1n) is 6.87. The van der Waals surface area contributed by atoms with Gasteiger partial charge in [-0.05, 0) is 50.4 Å². The van der Waals surface area contributed by atoms with Gasteiger partial charge in [0, 0.05) is 13.1 Å². The minimum absolute atomic E-state index is 0.611. The molecule has 2 rings (SSSR count). The number of halogens is 3. The highest BCUT2D eigenvalue weighted by Crippen LogP contribution is 2.29. The van der Waals surface area contributed by atoms with Crippen molar-refractivity contribution in [1.29, 1.82) is 0 Å². The summed E-state index contributed by atoms with van der Waals surface area (Å²) in [5.74, 6) is 0. The second-order valence-electron chi connectivity index (χ2n) is 5.82. The van der Waals surface area contributed by atoms with E-state index in [1.807, 2.05) is 6.92 Å². The van der Waals surface area contributed by atoms with Gasteiger partial charge in [0.1, 0.15) is 0 Å². The van der Waals surface area contributed by atoms with E-state index in [4.69, 9.17) is 0 Å². The number of rotatable bonds is 2. The molecular formula is C15H20F3NO. The maximum Gasteiger partial charge on any atom is 0.416 e. The predicted octanol–water partition coefficient (Wildman–Crippen LogP) is 3.44. The lowest BCUT2D eigenvalue weighted by Gasteiger charge is -2.22. The van der Waals surface area contributed by atoms with Crippen LogP contribution >= 0.6 is 0 Å². The predicted molar refractivity (Wildman–Crippen MR) is 71.2 cm³/mol. The molecule has 1 aliphatic rings. The Hall–Kier alpha value is -1.07. The zero-order valence-corrected chi connectivity index (χ0v) is 11.6. The molecule has 1 unspecified atom stereocenters. The van der Waals surface area contributed by atoms with Crippen molar-refractivity contribution in [3.63, 3.8) is 0 Å². The number of aliphatic hydroxyl groups is 1. The average Bonchev–Trinajstić information content (AvgIpc) is 2.51. The van der Waals surface area contributed by atoms with Gasteiger partial charge in [0.15, 0.2) is 0 Å². The van der Waals surface area contributed by atoms with Crippen LogP contribution in [0.5, 0.6) is 0 Å². The van der Waals surface area contributed by atoms with E-state index in [9.17, 15) is 18.3 Å². The van der Waals surface area contributed by atoms with Gasteiger partial charge in [0.05, 0.1) is 11.2 Å². The summed E-state index contributed by atoms with van der Waals surface area (Å²) in [7, 11) is 0. The summed E-state index contributed by atoms with van der Waals surface area (Å²) < 4.78 is 37.4. The molecule has 112 valence electrons. The molecule has 0 saturated carbocycles. The number of benzene rings is 1. The van der Waals surface area contributed by atoms with Crippen molar-refractivity contribution in [2.75, 3.05) is 13.1 Å². The molecule has 1 aromatic carbocycles. The van der Waals surface area contributed by atoms with Crippen LogP contribution in [-0.2, 0) is 12.7 Å². The normalized spacial score (nSPS) is 25.4. The molecule has 1 heterocycles. The van der Waals surface area contributed by atoms with Gasteiger partial charge < -0.3 is 5.11 Å². The Morgan fingerprint density at radius 3 is 2.40 bits per heavy atom. The number of hydrogen-bond donors (Lipinski definition) is 1. The molecule has 0 radical (unpaired) electrons. The summed E-state index contributed by atoms with van der Waals surface area (Å²) >= 11 is 0. The third kappa shape index (κ3) is 4.21. The zero-order valence-electron chi connectivity index (χ0n) is 11.6. The SMILES string of the molecule is CC1(O)CCCN(Cc2ccc(C(F)(F)F)cc2)CC1. The lowest BCUT2D eigenvalue weighted by molar-refractivity contribution is -0.137. The van der Waals surface area contributed by atoms with Crippen molar-refractivity contribution in [2.24, 2.45) is 0 Å². The molecule has 20 heavy (non-hydrogen) atoms. The van der Waals surface area contributed by atoms with Crippen molar-refractivity contribution in [2.45, 2.75) is 44.5 Å². The molecule has 1 fully saturated rings. The molecule has 1 aromatic rings. The first kappa shape index (κ1) is 15.3. The molecule has 2 nitrogen and oxygen atoms in total. The molecular weight excluding hydrogens is 267 g/mol. The number of alkyl halides is 3. The Balaban J connectivity index is 1.96. The molecule has 0 aromatic heterocycles. The summed E-state index contributed by atoms with van der Waals surface area (Å²) in [6.07, 6.45) is -1.89. The summed E-state index contributed by atoms with van der Waals surface area (Å²) in [6, 6.07) is 5.32. The average molecular weight is 287 g/mol. The van der Waals surface area contributed by atoms with Gasteiger partial charge in [-0.15, -0.1) is 0 Å². The maximum atomic E-state index is 12.5. The van der Waals surface area contributed by atoms with E-state index < -0.39 is 17.3 Å². The van der Waals surface area contributed by atoms with Crippen LogP contribution in [0.4, 0.5) is 13.2 Å². The first-order valence-corrected chi connectivity index (χ1v) is 6.87. The van der Waals surface area contributed by atoms with Crippen LogP contribution in [0.15, 0.2) is 24.3 Å². The maximum absolute atomic E-state index is 12.5. The molecule has 1 N–H and O–H groups in total. The van der Waals surface area contributed by atoms with Crippen molar-refractivity contribution in [1.82, 2.24) is 4.90 Å². The highest BCUT2D eigenvalue weighted by atomic mass is 19.4. The van der Waals surface area contributed by atoms with Crippen LogP contribution in [0.2, 0.25) is 0 Å². The topological polar surface area (TPSA) is 23.5 Å². The number of hydrogen-bond acceptors (Lipinski definition) is 2. The Kier molecular flexibility index (Phi) is 4.39. The van der Waals surface area contributed by atoms with Crippen LogP contribution in [-0.4, -0.2) is 28.7 Å². The molecule has 0 aliphatic carbocycles.